The fourth-order valence-electron chi connectivity index (χ4n) is 5.01. The van der Waals surface area contributed by atoms with Crippen molar-refractivity contribution in [1.29, 1.82) is 0 Å². The zero-order valence-electron chi connectivity index (χ0n) is 23.9. The number of aromatic nitrogens is 4. The summed E-state index contributed by atoms with van der Waals surface area (Å²) in [4.78, 5) is 18.6. The molecule has 2 N–H and O–H groups in total. The van der Waals surface area contributed by atoms with Crippen molar-refractivity contribution in [3.8, 4) is 45.4 Å². The van der Waals surface area contributed by atoms with Crippen molar-refractivity contribution < 1.29 is 14.2 Å². The predicted molar refractivity (Wildman–Crippen MR) is 165 cm³/mol. The number of hydrogen-bond donors (Lipinski definition) is 2. The van der Waals surface area contributed by atoms with Crippen molar-refractivity contribution in [2.75, 3.05) is 34.4 Å². The van der Waals surface area contributed by atoms with Gasteiger partial charge in [-0.2, -0.15) is 0 Å². The van der Waals surface area contributed by atoms with Crippen LogP contribution in [0.3, 0.4) is 0 Å². The van der Waals surface area contributed by atoms with Crippen LogP contribution in [0.5, 0.6) is 11.8 Å². The molecular weight excluding hydrogens is 575 g/mol. The third-order valence-corrected chi connectivity index (χ3v) is 7.97. The van der Waals surface area contributed by atoms with Gasteiger partial charge in [-0.3, -0.25) is 9.97 Å². The Labute approximate surface area is 256 Å². The van der Waals surface area contributed by atoms with Gasteiger partial charge in [0.2, 0.25) is 11.8 Å². The third kappa shape index (κ3) is 6.66. The highest BCUT2D eigenvalue weighted by Gasteiger charge is 2.19. The number of hydrogen-bond acceptors (Lipinski definition) is 9. The molecule has 5 rings (SSSR count). The van der Waals surface area contributed by atoms with Crippen LogP contribution in [-0.2, 0) is 17.8 Å². The van der Waals surface area contributed by atoms with Crippen molar-refractivity contribution in [3.05, 3.63) is 70.2 Å². The first kappa shape index (κ1) is 30.1. The van der Waals surface area contributed by atoms with Gasteiger partial charge in [0.25, 0.3) is 0 Å². The van der Waals surface area contributed by atoms with Gasteiger partial charge in [-0.25, -0.2) is 9.97 Å². The van der Waals surface area contributed by atoms with Gasteiger partial charge in [-0.05, 0) is 32.9 Å². The maximum absolute atomic E-state index is 7.00. The molecule has 2 aromatic heterocycles. The van der Waals surface area contributed by atoms with Crippen LogP contribution in [0.2, 0.25) is 10.0 Å². The van der Waals surface area contributed by atoms with Crippen molar-refractivity contribution in [1.82, 2.24) is 30.6 Å². The quantitative estimate of drug-likeness (QED) is 0.188. The molecule has 1 unspecified atom stereocenters. The highest BCUT2D eigenvalue weighted by Crippen LogP contribution is 2.42. The third-order valence-electron chi connectivity index (χ3n) is 7.15. The predicted octanol–water partition coefficient (Wildman–Crippen LogP) is 5.97. The second kappa shape index (κ2) is 14.2. The smallest absolute Gasteiger partial charge is 0.237 e. The number of halogens is 2. The average molecular weight is 610 g/mol. The van der Waals surface area contributed by atoms with E-state index in [2.05, 4.69) is 25.6 Å². The Morgan fingerprint density at radius 2 is 1.38 bits per heavy atom. The summed E-state index contributed by atoms with van der Waals surface area (Å²) in [5.41, 5.74) is 5.60. The molecule has 3 heterocycles. The molecule has 1 atom stereocenters. The largest absolute Gasteiger partial charge is 0.480 e. The number of rotatable bonds is 12. The van der Waals surface area contributed by atoms with Gasteiger partial charge in [-0.1, -0.05) is 59.6 Å². The standard InChI is InChI=1S/C31H34Cl2N6O3/c1-34-15-26-30(40-2)38-24(17-36-26)22-10-4-8-20(28(22)32)21-9-5-11-23(29(21)33)25-18-37-27(31(39-25)41-3)16-35-13-12-19-7-6-14-42-19/h4-5,8-11,17-19,34-35H,6-7,12-16H2,1-3H3. The maximum atomic E-state index is 7.00. The van der Waals surface area contributed by atoms with E-state index in [9.17, 15) is 0 Å². The van der Waals surface area contributed by atoms with Gasteiger partial charge in [0.15, 0.2) is 0 Å². The lowest BCUT2D eigenvalue weighted by atomic mass is 9.98. The zero-order chi connectivity index (χ0) is 29.5. The van der Waals surface area contributed by atoms with E-state index in [-0.39, 0.29) is 0 Å². The number of nitrogens with one attached hydrogen (secondary N) is 2. The summed E-state index contributed by atoms with van der Waals surface area (Å²) in [5.74, 6) is 0.894. The van der Waals surface area contributed by atoms with Crippen LogP contribution < -0.4 is 20.1 Å². The SMILES string of the molecule is CNCc1ncc(-c2cccc(-c3cccc(-c4cnc(CNCCC5CCCO5)c(OC)n4)c3Cl)c2Cl)nc1OC. The second-order valence-electron chi connectivity index (χ2n) is 9.89. The van der Waals surface area contributed by atoms with E-state index in [0.717, 1.165) is 60.4 Å². The molecule has 0 spiro atoms. The molecule has 0 aliphatic carbocycles. The molecular formula is C31H34Cl2N6O3. The Balaban J connectivity index is 1.40. The van der Waals surface area contributed by atoms with E-state index < -0.39 is 0 Å². The molecule has 11 heteroatoms. The van der Waals surface area contributed by atoms with E-state index in [1.165, 1.54) is 0 Å². The lowest BCUT2D eigenvalue weighted by Gasteiger charge is -2.15. The summed E-state index contributed by atoms with van der Waals surface area (Å²) in [5, 5.41) is 7.50. The number of benzene rings is 2. The monoisotopic (exact) mass is 608 g/mol. The van der Waals surface area contributed by atoms with E-state index in [4.69, 9.17) is 42.4 Å². The molecule has 1 fully saturated rings. The molecule has 0 bridgehead atoms. The van der Waals surface area contributed by atoms with Gasteiger partial charge < -0.3 is 24.8 Å². The highest BCUT2D eigenvalue weighted by molar-refractivity contribution is 6.39. The fraction of sp³-hybridized carbons (Fsp3) is 0.355. The lowest BCUT2D eigenvalue weighted by Crippen LogP contribution is -2.21. The molecule has 1 aliphatic heterocycles. The van der Waals surface area contributed by atoms with Gasteiger partial charge in [0.05, 0.1) is 54.2 Å². The summed E-state index contributed by atoms with van der Waals surface area (Å²) in [6.07, 6.45) is 7.00. The summed E-state index contributed by atoms with van der Waals surface area (Å²) >= 11 is 14.0. The number of ether oxygens (including phenoxy) is 3. The van der Waals surface area contributed by atoms with E-state index in [0.29, 0.717) is 58.1 Å². The van der Waals surface area contributed by atoms with Gasteiger partial charge in [-0.15, -0.1) is 0 Å². The molecule has 0 radical (unpaired) electrons. The summed E-state index contributed by atoms with van der Waals surface area (Å²) in [7, 11) is 5.01. The van der Waals surface area contributed by atoms with Crippen molar-refractivity contribution in [3.63, 3.8) is 0 Å². The Bertz CT molecular complexity index is 1530. The number of methoxy groups -OCH3 is 2. The Hall–Kier alpha value is -3.34. The maximum Gasteiger partial charge on any atom is 0.237 e. The van der Waals surface area contributed by atoms with E-state index >= 15 is 0 Å². The van der Waals surface area contributed by atoms with Crippen LogP contribution in [-0.4, -0.2) is 60.5 Å². The minimum absolute atomic E-state index is 0.344. The molecule has 42 heavy (non-hydrogen) atoms. The molecule has 9 nitrogen and oxygen atoms in total. The van der Waals surface area contributed by atoms with Crippen LogP contribution in [0, 0.1) is 0 Å². The van der Waals surface area contributed by atoms with Crippen molar-refractivity contribution in [2.24, 2.45) is 0 Å². The average Bonchev–Trinajstić information content (AvgIpc) is 3.54. The van der Waals surface area contributed by atoms with Crippen LogP contribution in [0.15, 0.2) is 48.8 Å². The lowest BCUT2D eigenvalue weighted by molar-refractivity contribution is 0.104. The summed E-state index contributed by atoms with van der Waals surface area (Å²) in [6.45, 7) is 2.78. The number of nitrogens with zero attached hydrogens (tertiary/aromatic N) is 4. The summed E-state index contributed by atoms with van der Waals surface area (Å²) in [6, 6.07) is 11.5. The minimum Gasteiger partial charge on any atom is -0.480 e. The topological polar surface area (TPSA) is 103 Å². The Morgan fingerprint density at radius 1 is 0.833 bits per heavy atom. The van der Waals surface area contributed by atoms with Gasteiger partial charge in [0.1, 0.15) is 11.4 Å². The van der Waals surface area contributed by atoms with Crippen LogP contribution in [0.25, 0.3) is 33.6 Å². The molecule has 1 saturated heterocycles. The normalized spacial score (nSPS) is 14.7. The van der Waals surface area contributed by atoms with Crippen molar-refractivity contribution in [2.45, 2.75) is 38.5 Å². The molecule has 1 aliphatic rings. The van der Waals surface area contributed by atoms with Gasteiger partial charge in [0, 0.05) is 42.0 Å². The van der Waals surface area contributed by atoms with Crippen LogP contribution in [0.1, 0.15) is 30.7 Å². The fourth-order valence-corrected chi connectivity index (χ4v) is 5.66. The second-order valence-corrected chi connectivity index (χ2v) is 10.6. The molecule has 0 amide bonds. The van der Waals surface area contributed by atoms with Crippen LogP contribution >= 0.6 is 23.2 Å². The molecule has 220 valence electrons. The van der Waals surface area contributed by atoms with Gasteiger partial charge >= 0.3 is 0 Å². The van der Waals surface area contributed by atoms with E-state index in [1.807, 2.05) is 43.4 Å². The minimum atomic E-state index is 0.344. The highest BCUT2D eigenvalue weighted by atomic mass is 35.5. The first-order chi connectivity index (χ1) is 20.5. The zero-order valence-corrected chi connectivity index (χ0v) is 25.4. The molecule has 2 aromatic carbocycles. The Morgan fingerprint density at radius 3 is 1.88 bits per heavy atom. The first-order valence-electron chi connectivity index (χ1n) is 13.9. The van der Waals surface area contributed by atoms with E-state index in [1.54, 1.807) is 26.6 Å². The first-order valence-corrected chi connectivity index (χ1v) is 14.6. The van der Waals surface area contributed by atoms with Crippen molar-refractivity contribution >= 4 is 23.2 Å². The molecule has 4 aromatic rings. The van der Waals surface area contributed by atoms with Crippen LogP contribution in [0.4, 0.5) is 0 Å². The Kier molecular flexibility index (Phi) is 10.2. The molecule has 0 saturated carbocycles. The summed E-state index contributed by atoms with van der Waals surface area (Å²) < 4.78 is 16.8.